The van der Waals surface area contributed by atoms with Gasteiger partial charge in [0.1, 0.15) is 11.9 Å². The van der Waals surface area contributed by atoms with Gasteiger partial charge in [-0.1, -0.05) is 13.8 Å². The summed E-state index contributed by atoms with van der Waals surface area (Å²) in [7, 11) is 0. The van der Waals surface area contributed by atoms with E-state index in [1.54, 1.807) is 6.20 Å². The zero-order valence-electron chi connectivity index (χ0n) is 16.6. The molecule has 0 aliphatic carbocycles. The summed E-state index contributed by atoms with van der Waals surface area (Å²) in [5.74, 6) is 1.20. The number of morpholine rings is 1. The molecule has 1 aromatic rings. The number of urea groups is 1. The number of ether oxygens (including phenoxy) is 1. The summed E-state index contributed by atoms with van der Waals surface area (Å²) in [4.78, 5) is 33.3. The minimum Gasteiger partial charge on any atom is -0.378 e. The van der Waals surface area contributed by atoms with Crippen LogP contribution < -0.4 is 5.32 Å². The number of nitrogens with one attached hydrogen (secondary N) is 1. The molecule has 3 rings (SSSR count). The van der Waals surface area contributed by atoms with E-state index in [0.29, 0.717) is 39.4 Å². The van der Waals surface area contributed by atoms with E-state index in [4.69, 9.17) is 4.74 Å². The Bertz CT molecular complexity index is 646. The lowest BCUT2D eigenvalue weighted by Gasteiger charge is -2.37. The van der Waals surface area contributed by atoms with E-state index in [1.165, 1.54) is 0 Å². The van der Waals surface area contributed by atoms with Gasteiger partial charge in [0, 0.05) is 50.5 Å². The molecule has 2 saturated heterocycles. The third kappa shape index (κ3) is 4.61. The molecule has 0 bridgehead atoms. The maximum atomic E-state index is 12.7. The lowest BCUT2D eigenvalue weighted by molar-refractivity contribution is -0.124. The minimum absolute atomic E-state index is 0.00727. The third-order valence-corrected chi connectivity index (χ3v) is 5.41. The number of amides is 3. The van der Waals surface area contributed by atoms with E-state index in [9.17, 15) is 9.59 Å². The second kappa shape index (κ2) is 8.73. The van der Waals surface area contributed by atoms with Crippen molar-refractivity contribution in [3.8, 4) is 0 Å². The summed E-state index contributed by atoms with van der Waals surface area (Å²) in [6.45, 7) is 9.96. The maximum Gasteiger partial charge on any atom is 0.320 e. The van der Waals surface area contributed by atoms with Crippen LogP contribution in [0.2, 0.25) is 0 Å². The number of piperidine rings is 1. The first-order valence-corrected chi connectivity index (χ1v) is 9.92. The van der Waals surface area contributed by atoms with Crippen LogP contribution in [-0.2, 0) is 9.53 Å². The van der Waals surface area contributed by atoms with Gasteiger partial charge in [0.05, 0.1) is 13.2 Å². The van der Waals surface area contributed by atoms with Gasteiger partial charge in [-0.3, -0.25) is 4.79 Å². The van der Waals surface area contributed by atoms with Crippen molar-refractivity contribution in [2.75, 3.05) is 39.4 Å². The molecule has 2 fully saturated rings. The monoisotopic (exact) mass is 377 g/mol. The minimum atomic E-state index is -0.294. The first-order chi connectivity index (χ1) is 13.0. The van der Waals surface area contributed by atoms with Crippen LogP contribution in [0.25, 0.3) is 0 Å². The summed E-state index contributed by atoms with van der Waals surface area (Å²) in [5, 5.41) is 3.15. The number of rotatable bonds is 4. The Hall–Kier alpha value is -2.09. The number of carbonyl (C=O) groups is 2. The topological polar surface area (TPSA) is 79.7 Å². The van der Waals surface area contributed by atoms with Crippen molar-refractivity contribution in [3.63, 3.8) is 0 Å². The first kappa shape index (κ1) is 19.7. The van der Waals surface area contributed by atoms with Crippen molar-refractivity contribution in [1.29, 1.82) is 0 Å². The Kier molecular flexibility index (Phi) is 6.36. The van der Waals surface area contributed by atoms with E-state index in [0.717, 1.165) is 18.7 Å². The molecule has 0 radical (unpaired) electrons. The van der Waals surface area contributed by atoms with Crippen LogP contribution in [0.3, 0.4) is 0 Å². The molecule has 3 heterocycles. The highest BCUT2D eigenvalue weighted by atomic mass is 16.5. The Labute approximate surface area is 160 Å². The van der Waals surface area contributed by atoms with E-state index in [-0.39, 0.29) is 29.9 Å². The number of aromatic nitrogens is 2. The second-order valence-corrected chi connectivity index (χ2v) is 7.68. The predicted molar refractivity (Wildman–Crippen MR) is 102 cm³/mol. The molecule has 3 amide bonds. The predicted octanol–water partition coefficient (Wildman–Crippen LogP) is 1.60. The lowest BCUT2D eigenvalue weighted by atomic mass is 10.0. The van der Waals surface area contributed by atoms with Crippen molar-refractivity contribution in [3.05, 3.63) is 18.2 Å². The van der Waals surface area contributed by atoms with Crippen LogP contribution in [0.1, 0.15) is 51.4 Å². The molecule has 1 atom stereocenters. The van der Waals surface area contributed by atoms with Crippen molar-refractivity contribution < 1.29 is 14.3 Å². The second-order valence-electron chi connectivity index (χ2n) is 7.68. The van der Waals surface area contributed by atoms with Gasteiger partial charge in [0.2, 0.25) is 5.91 Å². The summed E-state index contributed by atoms with van der Waals surface area (Å²) < 4.78 is 7.25. The zero-order valence-corrected chi connectivity index (χ0v) is 16.6. The van der Waals surface area contributed by atoms with E-state index in [2.05, 4.69) is 24.1 Å². The summed E-state index contributed by atoms with van der Waals surface area (Å²) >= 11 is 0. The number of carbonyl (C=O) groups excluding carboxylic acids is 2. The van der Waals surface area contributed by atoms with Crippen molar-refractivity contribution >= 4 is 11.9 Å². The molecule has 2 aliphatic rings. The standard InChI is InChI=1S/C19H31N5O3/c1-14(2)17-20-6-9-24(17)15(3)18(25)21-16-4-7-22(8-5-16)19(26)23-10-12-27-13-11-23/h6,9,14-16H,4-5,7-8,10-13H2,1-3H3,(H,21,25)/t15-/m0/s1. The van der Waals surface area contributed by atoms with Crippen molar-refractivity contribution in [2.24, 2.45) is 0 Å². The molecule has 8 nitrogen and oxygen atoms in total. The van der Waals surface area contributed by atoms with Gasteiger partial charge in [0.15, 0.2) is 0 Å². The molecule has 1 N–H and O–H groups in total. The van der Waals surface area contributed by atoms with E-state index in [1.807, 2.05) is 27.5 Å². The van der Waals surface area contributed by atoms with Crippen LogP contribution in [0, 0.1) is 0 Å². The molecule has 0 spiro atoms. The van der Waals surface area contributed by atoms with E-state index >= 15 is 0 Å². The van der Waals surface area contributed by atoms with Crippen LogP contribution in [0.5, 0.6) is 0 Å². The average Bonchev–Trinajstić information content (AvgIpc) is 3.18. The molecule has 1 aromatic heterocycles. The highest BCUT2D eigenvalue weighted by Crippen LogP contribution is 2.19. The smallest absolute Gasteiger partial charge is 0.320 e. The number of likely N-dealkylation sites (tertiary alicyclic amines) is 1. The van der Waals surface area contributed by atoms with Crippen molar-refractivity contribution in [1.82, 2.24) is 24.7 Å². The molecule has 0 aromatic carbocycles. The fraction of sp³-hybridized carbons (Fsp3) is 0.737. The number of hydrogen-bond acceptors (Lipinski definition) is 4. The van der Waals surface area contributed by atoms with E-state index < -0.39 is 0 Å². The van der Waals surface area contributed by atoms with Crippen LogP contribution in [0.15, 0.2) is 12.4 Å². The normalized spacial score (nSPS) is 20.0. The number of nitrogens with zero attached hydrogens (tertiary/aromatic N) is 4. The highest BCUT2D eigenvalue weighted by Gasteiger charge is 2.29. The summed E-state index contributed by atoms with van der Waals surface area (Å²) in [6, 6.07) is -0.0888. The van der Waals surface area contributed by atoms with Crippen LogP contribution in [0.4, 0.5) is 4.79 Å². The van der Waals surface area contributed by atoms with Crippen molar-refractivity contribution in [2.45, 2.75) is 51.6 Å². The Morgan fingerprint density at radius 3 is 2.37 bits per heavy atom. The molecule has 8 heteroatoms. The largest absolute Gasteiger partial charge is 0.378 e. The molecular formula is C19H31N5O3. The maximum absolute atomic E-state index is 12.7. The molecule has 27 heavy (non-hydrogen) atoms. The fourth-order valence-corrected chi connectivity index (χ4v) is 3.72. The summed E-state index contributed by atoms with van der Waals surface area (Å²) in [5.41, 5.74) is 0. The Balaban J connectivity index is 1.49. The summed E-state index contributed by atoms with van der Waals surface area (Å²) in [6.07, 6.45) is 5.18. The third-order valence-electron chi connectivity index (χ3n) is 5.41. The van der Waals surface area contributed by atoms with Gasteiger partial charge >= 0.3 is 6.03 Å². The lowest BCUT2D eigenvalue weighted by Crippen LogP contribution is -2.53. The highest BCUT2D eigenvalue weighted by molar-refractivity contribution is 5.80. The number of hydrogen-bond donors (Lipinski definition) is 1. The molecule has 2 aliphatic heterocycles. The molecular weight excluding hydrogens is 346 g/mol. The number of imidazole rings is 1. The van der Waals surface area contributed by atoms with Gasteiger partial charge in [-0.05, 0) is 19.8 Å². The zero-order chi connectivity index (χ0) is 19.4. The molecule has 0 saturated carbocycles. The molecule has 150 valence electrons. The van der Waals surface area contributed by atoms with Crippen LogP contribution in [-0.4, -0.2) is 76.7 Å². The molecule has 0 unspecified atom stereocenters. The fourth-order valence-electron chi connectivity index (χ4n) is 3.72. The Morgan fingerprint density at radius 2 is 1.74 bits per heavy atom. The van der Waals surface area contributed by atoms with Gasteiger partial charge in [-0.2, -0.15) is 0 Å². The Morgan fingerprint density at radius 1 is 1.11 bits per heavy atom. The van der Waals surface area contributed by atoms with Gasteiger partial charge in [-0.15, -0.1) is 0 Å². The van der Waals surface area contributed by atoms with Gasteiger partial charge < -0.3 is 24.4 Å². The van der Waals surface area contributed by atoms with Crippen LogP contribution >= 0.6 is 0 Å². The van der Waals surface area contributed by atoms with Gasteiger partial charge in [-0.25, -0.2) is 9.78 Å². The average molecular weight is 377 g/mol. The quantitative estimate of drug-likeness (QED) is 0.864. The van der Waals surface area contributed by atoms with Gasteiger partial charge in [0.25, 0.3) is 0 Å². The first-order valence-electron chi connectivity index (χ1n) is 9.92. The SMILES string of the molecule is CC(C)c1nccn1[C@@H](C)C(=O)NC1CCN(C(=O)N2CCOCC2)CC1.